The molecule has 2 amide bonds. The van der Waals surface area contributed by atoms with Crippen LogP contribution in [-0.2, 0) is 11.2 Å². The first-order valence-electron chi connectivity index (χ1n) is 23.3. The minimum atomic E-state index is -0.356. The number of piperidine rings is 2. The van der Waals surface area contributed by atoms with Crippen LogP contribution in [0.25, 0.3) is 5.00 Å². The highest BCUT2D eigenvalue weighted by atomic mass is 35.5. The number of nitrogens with zero attached hydrogens (tertiary/aromatic N) is 10. The maximum absolute atomic E-state index is 14.5. The smallest absolute Gasteiger partial charge is 0.272 e. The molecule has 344 valence electrons. The molecular weight excluding hydrogens is 886 g/mol. The molecule has 6 aromatic rings. The molecule has 2 saturated heterocycles. The number of ether oxygens (including phenoxy) is 1. The first-order chi connectivity index (χ1) is 32.6. The Balaban J connectivity index is 0.788. The number of nitriles is 1. The maximum atomic E-state index is 14.5. The number of nitrogens with one attached hydrogen (secondary N) is 1. The van der Waals surface area contributed by atoms with E-state index >= 15 is 0 Å². The number of hydrogen-bond donors (Lipinski definition) is 1. The topological polar surface area (TPSA) is 181 Å². The number of halogens is 1. The van der Waals surface area contributed by atoms with Crippen molar-refractivity contribution in [2.24, 2.45) is 10.9 Å². The van der Waals surface area contributed by atoms with E-state index < -0.39 is 0 Å². The zero-order valence-corrected chi connectivity index (χ0v) is 39.4. The van der Waals surface area contributed by atoms with E-state index in [0.717, 1.165) is 110 Å². The minimum Gasteiger partial charge on any atom is -0.490 e. The summed E-state index contributed by atoms with van der Waals surface area (Å²) in [6, 6.07) is 19.0. The van der Waals surface area contributed by atoms with Crippen LogP contribution in [0.15, 0.2) is 76.5 Å². The number of thiophene rings is 1. The van der Waals surface area contributed by atoms with E-state index in [1.165, 1.54) is 10.4 Å². The van der Waals surface area contributed by atoms with Crippen LogP contribution in [0.2, 0.25) is 5.02 Å². The third kappa shape index (κ3) is 9.06. The quantitative estimate of drug-likeness (QED) is 0.139. The lowest BCUT2D eigenvalue weighted by atomic mass is 9.90. The molecule has 3 atom stereocenters. The van der Waals surface area contributed by atoms with Crippen LogP contribution in [-0.4, -0.2) is 84.2 Å². The molecule has 0 unspecified atom stereocenters. The molecule has 1 saturated carbocycles. The van der Waals surface area contributed by atoms with Gasteiger partial charge >= 0.3 is 0 Å². The molecular formula is C50H52ClN11O4S. The summed E-state index contributed by atoms with van der Waals surface area (Å²) in [5.74, 6) is 3.21. The van der Waals surface area contributed by atoms with Gasteiger partial charge in [-0.25, -0.2) is 4.98 Å². The van der Waals surface area contributed by atoms with Crippen LogP contribution in [0.3, 0.4) is 0 Å². The average molecular weight is 939 g/mol. The monoisotopic (exact) mass is 937 g/mol. The van der Waals surface area contributed by atoms with Gasteiger partial charge in [0.05, 0.1) is 47.0 Å². The van der Waals surface area contributed by atoms with Crippen molar-refractivity contribution in [1.29, 1.82) is 5.26 Å². The van der Waals surface area contributed by atoms with Gasteiger partial charge in [-0.15, -0.1) is 31.7 Å². The summed E-state index contributed by atoms with van der Waals surface area (Å²) in [5.41, 5.74) is 5.97. The second-order valence-corrected chi connectivity index (χ2v) is 19.7. The van der Waals surface area contributed by atoms with E-state index in [2.05, 4.69) is 89.2 Å². The number of aromatic nitrogens is 6. The maximum Gasteiger partial charge on any atom is 0.272 e. The Kier molecular flexibility index (Phi) is 12.6. The van der Waals surface area contributed by atoms with E-state index in [0.29, 0.717) is 41.0 Å². The fourth-order valence-corrected chi connectivity index (χ4v) is 11.5. The van der Waals surface area contributed by atoms with Gasteiger partial charge in [-0.1, -0.05) is 35.9 Å². The molecule has 1 N–H and O–H groups in total. The first kappa shape index (κ1) is 44.4. The number of likely N-dealkylation sites (tertiary alicyclic amines) is 1. The van der Waals surface area contributed by atoms with E-state index in [1.807, 2.05) is 13.0 Å². The van der Waals surface area contributed by atoms with Crippen molar-refractivity contribution in [3.05, 3.63) is 128 Å². The number of hydrogen-bond acceptors (Lipinski definition) is 13. The van der Waals surface area contributed by atoms with Gasteiger partial charge in [0.1, 0.15) is 34.9 Å². The molecule has 2 aromatic carbocycles. The number of fused-ring (bicyclic) bond motifs is 3. The van der Waals surface area contributed by atoms with Gasteiger partial charge in [0.2, 0.25) is 5.91 Å². The van der Waals surface area contributed by atoms with Gasteiger partial charge in [-0.2, -0.15) is 5.26 Å². The van der Waals surface area contributed by atoms with Crippen molar-refractivity contribution in [2.45, 2.75) is 109 Å². The molecule has 67 heavy (non-hydrogen) atoms. The Bertz CT molecular complexity index is 2840. The number of carbonyl (C=O) groups excluding carboxylic acids is 2. The number of carbonyl (C=O) groups is 2. The summed E-state index contributed by atoms with van der Waals surface area (Å²) in [4.78, 5) is 43.1. The summed E-state index contributed by atoms with van der Waals surface area (Å²) < 4.78 is 13.9. The number of aliphatic imine (C=N–C) groups is 1. The summed E-state index contributed by atoms with van der Waals surface area (Å²) in [7, 11) is 0. The van der Waals surface area contributed by atoms with Gasteiger partial charge < -0.3 is 24.3 Å². The number of aryl methyl sites for hydroxylation is 2. The summed E-state index contributed by atoms with van der Waals surface area (Å²) in [6.07, 6.45) is 11.4. The highest BCUT2D eigenvalue weighted by molar-refractivity contribution is 7.15. The van der Waals surface area contributed by atoms with Crippen molar-refractivity contribution in [3.8, 4) is 16.8 Å². The van der Waals surface area contributed by atoms with Crippen LogP contribution in [0.4, 0.5) is 5.82 Å². The average Bonchev–Trinajstić information content (AvgIpc) is 4.07. The number of anilines is 1. The van der Waals surface area contributed by atoms with Crippen molar-refractivity contribution < 1.29 is 18.7 Å². The molecule has 0 radical (unpaired) electrons. The second kappa shape index (κ2) is 19.0. The summed E-state index contributed by atoms with van der Waals surface area (Å²) in [6.45, 7) is 8.31. The van der Waals surface area contributed by atoms with Crippen LogP contribution < -0.4 is 15.0 Å². The van der Waals surface area contributed by atoms with Crippen LogP contribution in [0, 0.1) is 38.0 Å². The lowest BCUT2D eigenvalue weighted by Gasteiger charge is -2.41. The van der Waals surface area contributed by atoms with E-state index in [4.69, 9.17) is 31.0 Å². The summed E-state index contributed by atoms with van der Waals surface area (Å²) in [5, 5.41) is 31.6. The number of benzene rings is 2. The second-order valence-electron chi connectivity index (χ2n) is 18.1. The molecule has 3 fully saturated rings. The van der Waals surface area contributed by atoms with Crippen molar-refractivity contribution in [2.75, 3.05) is 24.5 Å². The standard InChI is InChI=1S/C50H52ClN11O4S/c1-29-30(2)67-50-45(29)46(55-41(26-44-53-21-24-65-44)47-59-56-31(3)62(47)50)33-11-9-32(10-12-33)42-8-4-5-23-61(42)49(64)35-7-6-22-60(28-35)43-20-19-40(57-58-43)48(63)54-36-14-17-37(18-15-36)66-38-16-13-34(27-52)39(51)25-38/h9-13,16,19-21,24-25,35-37,41-42H,4-8,14-15,17-18,22-23,26,28H2,1-3H3,(H,54,63)/t35-,36?,37?,41-,42-/m0/s1. The van der Waals surface area contributed by atoms with Crippen molar-refractivity contribution >= 4 is 46.3 Å². The van der Waals surface area contributed by atoms with Gasteiger partial charge in [0, 0.05) is 47.7 Å². The van der Waals surface area contributed by atoms with Gasteiger partial charge in [-0.05, 0) is 114 Å². The summed E-state index contributed by atoms with van der Waals surface area (Å²) >= 11 is 7.92. The van der Waals surface area contributed by atoms with Gasteiger partial charge in [0.25, 0.3) is 5.91 Å². The molecule has 0 spiro atoms. The first-order valence-corrected chi connectivity index (χ1v) is 24.5. The predicted molar refractivity (Wildman–Crippen MR) is 254 cm³/mol. The Morgan fingerprint density at radius 2 is 1.78 bits per heavy atom. The third-order valence-electron chi connectivity index (χ3n) is 13.8. The highest BCUT2D eigenvalue weighted by Crippen LogP contribution is 2.41. The molecule has 0 bridgehead atoms. The lowest BCUT2D eigenvalue weighted by molar-refractivity contribution is -0.139. The fourth-order valence-electron chi connectivity index (χ4n) is 10.1. The molecule has 4 aliphatic rings. The molecule has 1 aliphatic carbocycles. The molecule has 4 aromatic heterocycles. The Morgan fingerprint density at radius 3 is 2.52 bits per heavy atom. The Hall–Kier alpha value is -6.44. The van der Waals surface area contributed by atoms with Crippen LogP contribution in [0.1, 0.15) is 131 Å². The van der Waals surface area contributed by atoms with E-state index in [-0.39, 0.29) is 47.7 Å². The fraction of sp³-hybridized carbons (Fsp3) is 0.420. The Labute approximate surface area is 398 Å². The van der Waals surface area contributed by atoms with Gasteiger partial charge in [-0.3, -0.25) is 19.1 Å². The van der Waals surface area contributed by atoms with Crippen molar-refractivity contribution in [3.63, 3.8) is 0 Å². The molecule has 7 heterocycles. The molecule has 15 nitrogen and oxygen atoms in total. The molecule has 10 rings (SSSR count). The van der Waals surface area contributed by atoms with Crippen LogP contribution in [0.5, 0.6) is 5.75 Å². The number of rotatable bonds is 10. The number of oxazole rings is 1. The van der Waals surface area contributed by atoms with Crippen molar-refractivity contribution in [1.82, 2.24) is 40.2 Å². The van der Waals surface area contributed by atoms with E-state index in [9.17, 15) is 9.59 Å². The molecule has 3 aliphatic heterocycles. The SMILES string of the molecule is Cc1sc2c(c1C)C(c1ccc([C@@H]3CCCCN3C(=O)[C@H]3CCCN(c4ccc(C(=O)NC5CCC(Oc6ccc(C#N)c(Cl)c6)CC5)nn4)C3)cc1)=N[C@@H](Cc1ncco1)c1nnc(C)n1-2. The van der Waals surface area contributed by atoms with Gasteiger partial charge in [0.15, 0.2) is 23.2 Å². The largest absolute Gasteiger partial charge is 0.490 e. The predicted octanol–water partition coefficient (Wildman–Crippen LogP) is 8.78. The zero-order chi connectivity index (χ0) is 46.2. The van der Waals surface area contributed by atoms with Crippen LogP contribution >= 0.6 is 22.9 Å². The third-order valence-corrected chi connectivity index (χ3v) is 15.3. The minimum absolute atomic E-state index is 0.000723. The normalized spacial score (nSPS) is 21.7. The van der Waals surface area contributed by atoms with E-state index in [1.54, 1.807) is 48.1 Å². The number of amides is 2. The molecule has 17 heteroatoms. The lowest BCUT2D eigenvalue weighted by Crippen LogP contribution is -2.47. The highest BCUT2D eigenvalue weighted by Gasteiger charge is 2.37. The zero-order valence-electron chi connectivity index (χ0n) is 37.8. The Morgan fingerprint density at radius 1 is 0.940 bits per heavy atom.